The highest BCUT2D eigenvalue weighted by atomic mass is 31.1. The largest absolute Gasteiger partial charge is 0.326 e. The molecule has 1 aliphatic carbocycles. The monoisotopic (exact) mass is 152 g/mol. The Morgan fingerprint density at radius 1 is 0.889 bits per heavy atom. The summed E-state index contributed by atoms with van der Waals surface area (Å²) in [4.78, 5) is 14.3. The van der Waals surface area contributed by atoms with Crippen molar-refractivity contribution < 1.29 is 14.4 Å². The van der Waals surface area contributed by atoms with Crippen molar-refractivity contribution in [3.63, 3.8) is 0 Å². The summed E-state index contributed by atoms with van der Waals surface area (Å²) >= 11 is 0. The first-order chi connectivity index (χ1) is 4.23. The minimum Gasteiger partial charge on any atom is -0.326 e. The van der Waals surface area contributed by atoms with E-state index in [0.717, 1.165) is 0 Å². The fourth-order valence-electron chi connectivity index (χ4n) is 0.884. The van der Waals surface area contributed by atoms with Crippen LogP contribution in [0.15, 0.2) is 0 Å². The van der Waals surface area contributed by atoms with Crippen LogP contribution in [0.4, 0.5) is 0 Å². The fourth-order valence-corrected chi connectivity index (χ4v) is 0.884. The van der Waals surface area contributed by atoms with Gasteiger partial charge in [-0.05, 0) is 0 Å². The minimum absolute atomic E-state index is 1.50. The van der Waals surface area contributed by atoms with Crippen molar-refractivity contribution in [3.8, 4) is 0 Å². The Morgan fingerprint density at radius 3 is 1.11 bits per heavy atom. The predicted molar refractivity (Wildman–Crippen MR) is 36.5 cm³/mol. The molecule has 0 bridgehead atoms. The van der Waals surface area contributed by atoms with Gasteiger partial charge in [0.05, 0.1) is 0 Å². The van der Waals surface area contributed by atoms with E-state index in [1.165, 1.54) is 32.1 Å². The van der Waals surface area contributed by atoms with Crippen LogP contribution in [0.3, 0.4) is 0 Å². The van der Waals surface area contributed by atoms with Crippen LogP contribution in [0.2, 0.25) is 0 Å². The van der Waals surface area contributed by atoms with E-state index in [1.54, 1.807) is 0 Å². The molecule has 0 aromatic rings. The molecule has 0 aliphatic heterocycles. The van der Waals surface area contributed by atoms with Gasteiger partial charge in [0.25, 0.3) is 0 Å². The lowest BCUT2D eigenvalue weighted by Crippen LogP contribution is -1.47. The summed E-state index contributed by atoms with van der Waals surface area (Å²) in [5.74, 6) is 0. The number of rotatable bonds is 0. The molecule has 0 amide bonds. The van der Waals surface area contributed by atoms with Crippen molar-refractivity contribution in [3.05, 3.63) is 0 Å². The fraction of sp³-hybridized carbons (Fsp3) is 1.00. The van der Waals surface area contributed by atoms with Crippen LogP contribution >= 0.6 is 8.25 Å². The smallest absolute Gasteiger partial charge is 0.314 e. The molecule has 1 rings (SSSR count). The third-order valence-electron chi connectivity index (χ3n) is 1.25. The van der Waals surface area contributed by atoms with Crippen LogP contribution in [0.25, 0.3) is 0 Å². The van der Waals surface area contributed by atoms with Crippen LogP contribution in [0.1, 0.15) is 32.1 Å². The van der Waals surface area contributed by atoms with E-state index >= 15 is 0 Å². The third-order valence-corrected chi connectivity index (χ3v) is 1.25. The van der Waals surface area contributed by atoms with Gasteiger partial charge in [-0.1, -0.05) is 32.1 Å². The molecule has 56 valence electrons. The summed E-state index contributed by atoms with van der Waals surface area (Å²) < 4.78 is 8.74. The Balaban J connectivity index is 0.000000148. The maximum atomic E-state index is 8.74. The second kappa shape index (κ2) is 6.27. The average Bonchev–Trinajstić information content (AvgIpc) is 2.11. The molecule has 0 heterocycles. The zero-order chi connectivity index (χ0) is 7.11. The van der Waals surface area contributed by atoms with E-state index in [-0.39, 0.29) is 0 Å². The summed E-state index contributed by atoms with van der Waals surface area (Å²) in [5, 5.41) is 0. The summed E-state index contributed by atoms with van der Waals surface area (Å²) in [6, 6.07) is 0. The molecule has 2 N–H and O–H groups in total. The van der Waals surface area contributed by atoms with Crippen molar-refractivity contribution in [2.75, 3.05) is 0 Å². The second-order valence-corrected chi connectivity index (χ2v) is 2.62. The Labute approximate surface area is 55.7 Å². The Hall–Kier alpha value is 0.150. The lowest BCUT2D eigenvalue weighted by Gasteiger charge is -1.67. The van der Waals surface area contributed by atoms with Crippen molar-refractivity contribution in [1.82, 2.24) is 0 Å². The van der Waals surface area contributed by atoms with Crippen LogP contribution < -0.4 is 0 Å². The SMILES string of the molecule is C1CCCC1.O=[PH](O)O. The van der Waals surface area contributed by atoms with Crippen molar-refractivity contribution in [1.29, 1.82) is 0 Å². The van der Waals surface area contributed by atoms with Crippen LogP contribution in [-0.2, 0) is 4.57 Å². The van der Waals surface area contributed by atoms with Crippen molar-refractivity contribution in [2.24, 2.45) is 0 Å². The Bertz CT molecular complexity index is 68.7. The molecule has 1 saturated carbocycles. The molecule has 1 aliphatic rings. The van der Waals surface area contributed by atoms with Gasteiger partial charge in [-0.2, -0.15) is 0 Å². The van der Waals surface area contributed by atoms with Gasteiger partial charge in [0, 0.05) is 0 Å². The van der Waals surface area contributed by atoms with Gasteiger partial charge in [0.2, 0.25) is 0 Å². The lowest BCUT2D eigenvalue weighted by molar-refractivity contribution is 0.405. The average molecular weight is 152 g/mol. The summed E-state index contributed by atoms with van der Waals surface area (Å²) in [6.07, 6.45) is 7.50. The topological polar surface area (TPSA) is 57.5 Å². The molecule has 0 saturated heterocycles. The number of hydrogen-bond donors (Lipinski definition) is 2. The summed E-state index contributed by atoms with van der Waals surface area (Å²) in [7, 11) is -3.13. The molecule has 0 atom stereocenters. The Kier molecular flexibility index (Phi) is 6.38. The molecule has 1 fully saturated rings. The van der Waals surface area contributed by atoms with Crippen molar-refractivity contribution >= 4 is 8.25 Å². The molecular formula is C5H13O3P. The Morgan fingerprint density at radius 2 is 1.00 bits per heavy atom. The van der Waals surface area contributed by atoms with E-state index in [0.29, 0.717) is 0 Å². The first-order valence-corrected chi connectivity index (χ1v) is 4.45. The molecule has 0 unspecified atom stereocenters. The maximum absolute atomic E-state index is 8.74. The second-order valence-electron chi connectivity index (χ2n) is 2.05. The normalized spacial score (nSPS) is 17.2. The molecule has 3 nitrogen and oxygen atoms in total. The third kappa shape index (κ3) is 11.6. The standard InChI is InChI=1S/C5H10.H3O3P/c1-2-4-5-3-1;1-4(2)3/h1-5H2;4H,(H2,1,2,3). The van der Waals surface area contributed by atoms with Gasteiger partial charge in [-0.15, -0.1) is 0 Å². The summed E-state index contributed by atoms with van der Waals surface area (Å²) in [6.45, 7) is 0. The quantitative estimate of drug-likeness (QED) is 0.514. The van der Waals surface area contributed by atoms with Gasteiger partial charge in [-0.3, -0.25) is 4.57 Å². The van der Waals surface area contributed by atoms with Gasteiger partial charge >= 0.3 is 8.25 Å². The van der Waals surface area contributed by atoms with E-state index in [4.69, 9.17) is 14.4 Å². The van der Waals surface area contributed by atoms with Gasteiger partial charge in [0.15, 0.2) is 0 Å². The molecule has 0 spiro atoms. The summed E-state index contributed by atoms with van der Waals surface area (Å²) in [5.41, 5.74) is 0. The zero-order valence-corrected chi connectivity index (χ0v) is 6.34. The van der Waals surface area contributed by atoms with Crippen molar-refractivity contribution in [2.45, 2.75) is 32.1 Å². The van der Waals surface area contributed by atoms with Gasteiger partial charge in [0.1, 0.15) is 0 Å². The van der Waals surface area contributed by atoms with Crippen LogP contribution in [0.5, 0.6) is 0 Å². The highest BCUT2D eigenvalue weighted by Crippen LogP contribution is 2.15. The predicted octanol–water partition coefficient (Wildman–Crippen LogP) is 1.31. The first-order valence-electron chi connectivity index (χ1n) is 3.15. The van der Waals surface area contributed by atoms with Gasteiger partial charge in [-0.25, -0.2) is 0 Å². The van der Waals surface area contributed by atoms with Gasteiger partial charge < -0.3 is 9.79 Å². The highest BCUT2D eigenvalue weighted by Gasteiger charge is 1.95. The highest BCUT2D eigenvalue weighted by molar-refractivity contribution is 7.30. The van der Waals surface area contributed by atoms with E-state index in [9.17, 15) is 0 Å². The first kappa shape index (κ1) is 9.15. The lowest BCUT2D eigenvalue weighted by atomic mass is 10.4. The molecule has 0 aromatic heterocycles. The minimum atomic E-state index is -3.13. The molecule has 0 radical (unpaired) electrons. The molecule has 0 aromatic carbocycles. The number of hydrogen-bond acceptors (Lipinski definition) is 1. The van der Waals surface area contributed by atoms with E-state index < -0.39 is 8.25 Å². The van der Waals surface area contributed by atoms with E-state index in [2.05, 4.69) is 0 Å². The van der Waals surface area contributed by atoms with Crippen LogP contribution in [-0.4, -0.2) is 9.79 Å². The zero-order valence-electron chi connectivity index (χ0n) is 5.34. The molecule has 9 heavy (non-hydrogen) atoms. The van der Waals surface area contributed by atoms with E-state index in [1.807, 2.05) is 0 Å². The van der Waals surface area contributed by atoms with Crippen LogP contribution in [0, 0.1) is 0 Å². The molecule has 4 heteroatoms. The maximum Gasteiger partial charge on any atom is 0.314 e. The molecular weight excluding hydrogens is 139 g/mol.